The maximum atomic E-state index is 2.26. The van der Waals surface area contributed by atoms with Crippen molar-refractivity contribution in [1.82, 2.24) is 0 Å². The molecule has 1 rings (SSSR count). The van der Waals surface area contributed by atoms with Crippen molar-refractivity contribution in [3.63, 3.8) is 0 Å². The summed E-state index contributed by atoms with van der Waals surface area (Å²) in [7, 11) is 0. The molecule has 0 spiro atoms. The fraction of sp³-hybridized carbons (Fsp3) is 0.429. The van der Waals surface area contributed by atoms with Gasteiger partial charge in [-0.2, -0.15) is 0 Å². The molecule has 0 nitrogen and oxygen atoms in total. The number of hydrogen-bond acceptors (Lipinski definition) is 0. The molecule has 1 heteroatoms. The number of rotatable bonds is 7. The van der Waals surface area contributed by atoms with Crippen LogP contribution in [0.5, 0.6) is 0 Å². The van der Waals surface area contributed by atoms with E-state index in [-0.39, 0.29) is 0 Å². The van der Waals surface area contributed by atoms with Gasteiger partial charge in [0.25, 0.3) is 0 Å². The number of hydrogen-bond donors (Lipinski definition) is 0. The Labute approximate surface area is 103 Å². The third-order valence-corrected chi connectivity index (χ3v) is 2.66. The number of unbranched alkanes of at least 4 members (excludes halogenated alkanes) is 4. The molecular weight excluding hydrogens is 175 g/mol. The van der Waals surface area contributed by atoms with Crippen molar-refractivity contribution < 1.29 is 0 Å². The second kappa shape index (κ2) is 8.83. The van der Waals surface area contributed by atoms with Gasteiger partial charge in [-0.3, -0.25) is 0 Å². The molecule has 0 N–H and O–H groups in total. The van der Waals surface area contributed by atoms with Crippen LogP contribution in [0.15, 0.2) is 41.2 Å². The van der Waals surface area contributed by atoms with E-state index in [1.54, 1.807) is 0 Å². The molecule has 0 aliphatic rings. The van der Waals surface area contributed by atoms with Crippen LogP contribution in [0.1, 0.15) is 37.7 Å². The van der Waals surface area contributed by atoms with Gasteiger partial charge in [0.05, 0.1) is 0 Å². The molecule has 0 radical (unpaired) electrons. The standard InChI is InChI=1S/C14H19.Li/c1-2-3-4-5-6-8-11-14-12-9-7-10-13-14;/h1-2,7,9-10,12-13H,3-6,8,11H2;. The van der Waals surface area contributed by atoms with Crippen molar-refractivity contribution in [3.8, 4) is 0 Å². The van der Waals surface area contributed by atoms with Crippen LogP contribution < -0.4 is 0 Å². The first kappa shape index (κ1) is 12.6. The fourth-order valence-corrected chi connectivity index (χ4v) is 1.76. The molecule has 76 valence electrons. The minimum absolute atomic E-state index is 1.24. The Morgan fingerprint density at radius 2 is 1.67 bits per heavy atom. The molecule has 0 unspecified atom stereocenters. The molecule has 0 fully saturated rings. The predicted molar refractivity (Wildman–Crippen MR) is 68.1 cm³/mol. The molecule has 0 heterocycles. The maximum absolute atomic E-state index is 2.26. The molecular formula is C14H19Li. The van der Waals surface area contributed by atoms with Gasteiger partial charge in [-0.15, -0.1) is 0 Å². The second-order valence-electron chi connectivity index (χ2n) is 4.01. The van der Waals surface area contributed by atoms with Crippen molar-refractivity contribution in [2.24, 2.45) is 0 Å². The SMILES string of the molecule is [Li]/[CH]=C\CCCCCCc1ccccc1. The molecule has 0 bridgehead atoms. The van der Waals surface area contributed by atoms with Gasteiger partial charge in [-0.05, 0) is 0 Å². The normalized spacial score (nSPS) is 11.1. The topological polar surface area (TPSA) is 0 Å². The summed E-state index contributed by atoms with van der Waals surface area (Å²) in [6.45, 7) is 0. The molecule has 1 aromatic carbocycles. The van der Waals surface area contributed by atoms with Crippen LogP contribution in [0.4, 0.5) is 0 Å². The molecule has 0 aliphatic carbocycles. The third-order valence-electron chi connectivity index (χ3n) is 2.66. The van der Waals surface area contributed by atoms with Crippen LogP contribution in [0.3, 0.4) is 0 Å². The van der Waals surface area contributed by atoms with Crippen LogP contribution in [-0.4, -0.2) is 17.7 Å². The van der Waals surface area contributed by atoms with Gasteiger partial charge in [-0.25, -0.2) is 0 Å². The van der Waals surface area contributed by atoms with Gasteiger partial charge in [0, 0.05) is 0 Å². The summed E-state index contributed by atoms with van der Waals surface area (Å²) in [5.41, 5.74) is 1.48. The van der Waals surface area contributed by atoms with Crippen molar-refractivity contribution in [2.75, 3.05) is 0 Å². The van der Waals surface area contributed by atoms with Crippen molar-refractivity contribution >= 4 is 17.7 Å². The van der Waals surface area contributed by atoms with Gasteiger partial charge in [0.15, 0.2) is 0 Å². The summed E-state index contributed by atoms with van der Waals surface area (Å²) in [6, 6.07) is 10.8. The van der Waals surface area contributed by atoms with E-state index in [2.05, 4.69) is 58.9 Å². The summed E-state index contributed by atoms with van der Waals surface area (Å²) in [5.74, 6) is 0. The van der Waals surface area contributed by atoms with Crippen molar-refractivity contribution in [2.45, 2.75) is 38.5 Å². The fourth-order valence-electron chi connectivity index (χ4n) is 1.76. The second-order valence-corrected chi connectivity index (χ2v) is 4.01. The molecule has 0 saturated heterocycles. The van der Waals surface area contributed by atoms with E-state index in [1.165, 1.54) is 44.1 Å². The Morgan fingerprint density at radius 1 is 0.933 bits per heavy atom. The monoisotopic (exact) mass is 194 g/mol. The Balaban J connectivity index is 1.98. The Morgan fingerprint density at radius 3 is 2.40 bits per heavy atom. The van der Waals surface area contributed by atoms with Crippen LogP contribution in [0.2, 0.25) is 0 Å². The molecule has 0 amide bonds. The summed E-state index contributed by atoms with van der Waals surface area (Å²) in [5, 5.41) is 0. The van der Waals surface area contributed by atoms with Gasteiger partial charge < -0.3 is 0 Å². The third kappa shape index (κ3) is 6.61. The van der Waals surface area contributed by atoms with E-state index < -0.39 is 0 Å². The first-order valence-corrected chi connectivity index (χ1v) is 6.08. The van der Waals surface area contributed by atoms with Gasteiger partial charge in [-0.1, -0.05) is 0 Å². The number of benzene rings is 1. The van der Waals surface area contributed by atoms with E-state index >= 15 is 0 Å². The van der Waals surface area contributed by atoms with Crippen molar-refractivity contribution in [3.05, 3.63) is 46.7 Å². The van der Waals surface area contributed by atoms with Crippen LogP contribution in [0, 0.1) is 0 Å². The molecule has 1 aromatic rings. The molecule has 0 aliphatic heterocycles. The number of aryl methyl sites for hydroxylation is 1. The Bertz CT molecular complexity index is 264. The summed E-state index contributed by atoms with van der Waals surface area (Å²) < 4.78 is 2.14. The predicted octanol–water partition coefficient (Wildman–Crippen LogP) is 3.86. The zero-order valence-electron chi connectivity index (χ0n) is 9.78. The molecule has 0 atom stereocenters. The van der Waals surface area contributed by atoms with Crippen molar-refractivity contribution in [1.29, 1.82) is 0 Å². The average molecular weight is 194 g/mol. The van der Waals surface area contributed by atoms with E-state index in [0.29, 0.717) is 0 Å². The van der Waals surface area contributed by atoms with Gasteiger partial charge in [0.2, 0.25) is 0 Å². The van der Waals surface area contributed by atoms with E-state index in [4.69, 9.17) is 0 Å². The first-order valence-electron chi connectivity index (χ1n) is 6.08. The quantitative estimate of drug-likeness (QED) is 0.456. The van der Waals surface area contributed by atoms with Gasteiger partial charge >= 0.3 is 103 Å². The Hall–Kier alpha value is -0.443. The van der Waals surface area contributed by atoms with E-state index in [1.807, 2.05) is 0 Å². The first-order chi connectivity index (χ1) is 7.43. The van der Waals surface area contributed by atoms with Crippen LogP contribution in [0.25, 0.3) is 0 Å². The van der Waals surface area contributed by atoms with Crippen LogP contribution in [-0.2, 0) is 6.42 Å². The minimum atomic E-state index is 1.24. The van der Waals surface area contributed by atoms with E-state index in [9.17, 15) is 0 Å². The summed E-state index contributed by atoms with van der Waals surface area (Å²) >= 11 is 2.09. The summed E-state index contributed by atoms with van der Waals surface area (Å²) in [4.78, 5) is 0. The average Bonchev–Trinajstić information content (AvgIpc) is 2.29. The van der Waals surface area contributed by atoms with Gasteiger partial charge in [0.1, 0.15) is 0 Å². The zero-order valence-corrected chi connectivity index (χ0v) is 9.78. The van der Waals surface area contributed by atoms with Crippen LogP contribution >= 0.6 is 0 Å². The zero-order chi connectivity index (χ0) is 10.8. The van der Waals surface area contributed by atoms with E-state index in [0.717, 1.165) is 0 Å². The summed E-state index contributed by atoms with van der Waals surface area (Å²) in [6.07, 6.45) is 10.2. The molecule has 0 saturated carbocycles. The molecule has 15 heavy (non-hydrogen) atoms. The number of allylic oxidation sites excluding steroid dienone is 1. The molecule has 0 aromatic heterocycles. The Kier molecular flexibility index (Phi) is 7.43.